The number of nitrogens with one attached hydrogen (secondary N) is 2. The lowest BCUT2D eigenvalue weighted by Crippen LogP contribution is -2.48. The summed E-state index contributed by atoms with van der Waals surface area (Å²) in [6.07, 6.45) is 3.54. The fourth-order valence-corrected chi connectivity index (χ4v) is 2.21. The average molecular weight is 196 g/mol. The Balaban J connectivity index is 1.86. The molecule has 0 spiro atoms. The fourth-order valence-electron chi connectivity index (χ4n) is 2.21. The van der Waals surface area contributed by atoms with Crippen LogP contribution in [0.15, 0.2) is 0 Å². The quantitative estimate of drug-likeness (QED) is 0.704. The lowest BCUT2D eigenvalue weighted by Gasteiger charge is -2.27. The predicted octanol–water partition coefficient (Wildman–Crippen LogP) is 0.901. The van der Waals surface area contributed by atoms with Crippen molar-refractivity contribution in [2.45, 2.75) is 38.6 Å². The maximum Gasteiger partial charge on any atom is 0.224 e. The number of amides is 1. The predicted molar refractivity (Wildman–Crippen MR) is 55.9 cm³/mol. The molecule has 2 fully saturated rings. The maximum atomic E-state index is 11.8. The topological polar surface area (TPSA) is 41.1 Å². The van der Waals surface area contributed by atoms with Gasteiger partial charge in [0.25, 0.3) is 0 Å². The van der Waals surface area contributed by atoms with E-state index in [9.17, 15) is 4.79 Å². The summed E-state index contributed by atoms with van der Waals surface area (Å²) in [7, 11) is 0. The zero-order valence-electron chi connectivity index (χ0n) is 9.10. The molecule has 1 aliphatic carbocycles. The van der Waals surface area contributed by atoms with Gasteiger partial charge in [0.15, 0.2) is 0 Å². The van der Waals surface area contributed by atoms with Gasteiger partial charge in [-0.15, -0.1) is 0 Å². The van der Waals surface area contributed by atoms with Crippen LogP contribution in [-0.2, 0) is 4.79 Å². The summed E-state index contributed by atoms with van der Waals surface area (Å²) in [6.45, 7) is 6.13. The van der Waals surface area contributed by atoms with Gasteiger partial charge in [-0.1, -0.05) is 0 Å². The number of hydrogen-bond donors (Lipinski definition) is 2. The van der Waals surface area contributed by atoms with Crippen LogP contribution in [0, 0.1) is 11.8 Å². The molecule has 1 unspecified atom stereocenters. The summed E-state index contributed by atoms with van der Waals surface area (Å²) in [5.41, 5.74) is 0.0136. The van der Waals surface area contributed by atoms with Crippen LogP contribution in [0.4, 0.5) is 0 Å². The highest BCUT2D eigenvalue weighted by atomic mass is 16.2. The van der Waals surface area contributed by atoms with E-state index in [2.05, 4.69) is 24.5 Å². The molecule has 1 saturated carbocycles. The van der Waals surface area contributed by atoms with Crippen LogP contribution in [0.5, 0.6) is 0 Å². The van der Waals surface area contributed by atoms with Crippen molar-refractivity contribution in [1.29, 1.82) is 0 Å². The van der Waals surface area contributed by atoms with E-state index in [0.29, 0.717) is 5.92 Å². The van der Waals surface area contributed by atoms with E-state index in [1.807, 2.05) is 0 Å². The Morgan fingerprint density at radius 3 is 2.57 bits per heavy atom. The van der Waals surface area contributed by atoms with Crippen molar-refractivity contribution >= 4 is 5.91 Å². The van der Waals surface area contributed by atoms with E-state index in [1.165, 1.54) is 12.8 Å². The Bertz CT molecular complexity index is 227. The number of hydrogen-bond acceptors (Lipinski definition) is 2. The number of rotatable bonds is 3. The Morgan fingerprint density at radius 2 is 2.07 bits per heavy atom. The molecule has 1 aliphatic heterocycles. The highest BCUT2D eigenvalue weighted by Crippen LogP contribution is 2.39. The Labute approximate surface area is 85.6 Å². The Kier molecular flexibility index (Phi) is 2.52. The normalized spacial score (nSPS) is 27.7. The molecule has 2 rings (SSSR count). The second kappa shape index (κ2) is 3.54. The SMILES string of the molecule is CC(C)(NC(=O)C1CCNC1)C1CC1. The molecule has 0 aromatic rings. The van der Waals surface area contributed by atoms with Gasteiger partial charge >= 0.3 is 0 Å². The van der Waals surface area contributed by atoms with Crippen LogP contribution in [0.1, 0.15) is 33.1 Å². The van der Waals surface area contributed by atoms with E-state index < -0.39 is 0 Å². The Morgan fingerprint density at radius 1 is 1.36 bits per heavy atom. The van der Waals surface area contributed by atoms with Crippen LogP contribution < -0.4 is 10.6 Å². The first kappa shape index (κ1) is 9.97. The highest BCUT2D eigenvalue weighted by Gasteiger charge is 2.39. The molecule has 1 atom stereocenters. The van der Waals surface area contributed by atoms with Crippen molar-refractivity contribution in [2.75, 3.05) is 13.1 Å². The molecule has 1 amide bonds. The molecule has 2 N–H and O–H groups in total. The second-order valence-electron chi connectivity index (χ2n) is 5.17. The van der Waals surface area contributed by atoms with E-state index in [1.54, 1.807) is 0 Å². The molecule has 80 valence electrons. The molecule has 3 nitrogen and oxygen atoms in total. The zero-order chi connectivity index (χ0) is 10.2. The van der Waals surface area contributed by atoms with E-state index in [0.717, 1.165) is 19.5 Å². The van der Waals surface area contributed by atoms with Crippen molar-refractivity contribution in [3.8, 4) is 0 Å². The van der Waals surface area contributed by atoms with Gasteiger partial charge in [-0.25, -0.2) is 0 Å². The lowest BCUT2D eigenvalue weighted by atomic mass is 9.97. The molecule has 1 saturated heterocycles. The largest absolute Gasteiger partial charge is 0.351 e. The van der Waals surface area contributed by atoms with Crippen molar-refractivity contribution in [3.63, 3.8) is 0 Å². The molecule has 0 aromatic carbocycles. The summed E-state index contributed by atoms with van der Waals surface area (Å²) in [6, 6.07) is 0. The standard InChI is InChI=1S/C11H20N2O/c1-11(2,9-3-4-9)13-10(14)8-5-6-12-7-8/h8-9,12H,3-7H2,1-2H3,(H,13,14). The fraction of sp³-hybridized carbons (Fsp3) is 0.909. The van der Waals surface area contributed by atoms with Crippen molar-refractivity contribution in [2.24, 2.45) is 11.8 Å². The minimum atomic E-state index is 0.0136. The Hall–Kier alpha value is -0.570. The molecule has 1 heterocycles. The third-order valence-electron chi connectivity index (χ3n) is 3.47. The molecule has 0 aromatic heterocycles. The van der Waals surface area contributed by atoms with Crippen LogP contribution in [-0.4, -0.2) is 24.5 Å². The molecular weight excluding hydrogens is 176 g/mol. The number of carbonyl (C=O) groups excluding carboxylic acids is 1. The maximum absolute atomic E-state index is 11.8. The summed E-state index contributed by atoms with van der Waals surface area (Å²) < 4.78 is 0. The minimum Gasteiger partial charge on any atom is -0.351 e. The lowest BCUT2D eigenvalue weighted by molar-refractivity contribution is -0.126. The third-order valence-corrected chi connectivity index (χ3v) is 3.47. The first-order chi connectivity index (χ1) is 6.59. The molecule has 2 aliphatic rings. The summed E-state index contributed by atoms with van der Waals surface area (Å²) in [4.78, 5) is 11.8. The van der Waals surface area contributed by atoms with Crippen molar-refractivity contribution < 1.29 is 4.79 Å². The van der Waals surface area contributed by atoms with Crippen LogP contribution in [0.2, 0.25) is 0 Å². The average Bonchev–Trinajstić information content (AvgIpc) is 2.82. The van der Waals surface area contributed by atoms with Gasteiger partial charge in [-0.05, 0) is 45.6 Å². The van der Waals surface area contributed by atoms with Gasteiger partial charge in [-0.3, -0.25) is 4.79 Å². The van der Waals surface area contributed by atoms with E-state index in [-0.39, 0.29) is 17.4 Å². The molecular formula is C11H20N2O. The van der Waals surface area contributed by atoms with E-state index in [4.69, 9.17) is 0 Å². The van der Waals surface area contributed by atoms with Crippen LogP contribution in [0.25, 0.3) is 0 Å². The van der Waals surface area contributed by atoms with Gasteiger partial charge in [0, 0.05) is 12.1 Å². The first-order valence-corrected chi connectivity index (χ1v) is 5.62. The summed E-state index contributed by atoms with van der Waals surface area (Å²) >= 11 is 0. The molecule has 0 bridgehead atoms. The molecule has 0 radical (unpaired) electrons. The van der Waals surface area contributed by atoms with Gasteiger partial charge in [0.1, 0.15) is 0 Å². The van der Waals surface area contributed by atoms with Gasteiger partial charge in [-0.2, -0.15) is 0 Å². The van der Waals surface area contributed by atoms with Crippen LogP contribution >= 0.6 is 0 Å². The number of carbonyl (C=O) groups is 1. The third kappa shape index (κ3) is 2.08. The highest BCUT2D eigenvalue weighted by molar-refractivity contribution is 5.80. The summed E-state index contributed by atoms with van der Waals surface area (Å²) in [5.74, 6) is 1.15. The first-order valence-electron chi connectivity index (χ1n) is 5.62. The minimum absolute atomic E-state index is 0.0136. The monoisotopic (exact) mass is 196 g/mol. The second-order valence-corrected chi connectivity index (χ2v) is 5.17. The van der Waals surface area contributed by atoms with Crippen LogP contribution in [0.3, 0.4) is 0 Å². The van der Waals surface area contributed by atoms with Crippen molar-refractivity contribution in [1.82, 2.24) is 10.6 Å². The smallest absolute Gasteiger partial charge is 0.224 e. The molecule has 14 heavy (non-hydrogen) atoms. The van der Waals surface area contributed by atoms with E-state index >= 15 is 0 Å². The van der Waals surface area contributed by atoms with Gasteiger partial charge in [0.2, 0.25) is 5.91 Å². The van der Waals surface area contributed by atoms with Gasteiger partial charge < -0.3 is 10.6 Å². The molecule has 3 heteroatoms. The zero-order valence-corrected chi connectivity index (χ0v) is 9.10. The van der Waals surface area contributed by atoms with Crippen molar-refractivity contribution in [3.05, 3.63) is 0 Å². The van der Waals surface area contributed by atoms with Gasteiger partial charge in [0.05, 0.1) is 5.92 Å². The summed E-state index contributed by atoms with van der Waals surface area (Å²) in [5, 5.41) is 6.40.